The molecule has 2 N–H and O–H groups in total. The van der Waals surface area contributed by atoms with Gasteiger partial charge in [-0.2, -0.15) is 0 Å². The molecular weight excluding hydrogens is 414 g/mol. The topological polar surface area (TPSA) is 72.9 Å². The van der Waals surface area contributed by atoms with Gasteiger partial charge in [-0.05, 0) is 75.0 Å². The summed E-state index contributed by atoms with van der Waals surface area (Å²) in [6.45, 7) is 2.11. The fraction of sp³-hybridized carbons (Fsp3) is 0.259. The van der Waals surface area contributed by atoms with Crippen LogP contribution in [0.2, 0.25) is 0 Å². The molecule has 6 nitrogen and oxygen atoms in total. The van der Waals surface area contributed by atoms with Crippen molar-refractivity contribution in [2.45, 2.75) is 25.5 Å². The van der Waals surface area contributed by atoms with Crippen LogP contribution in [0.4, 0.5) is 11.4 Å². The fourth-order valence-corrected chi connectivity index (χ4v) is 4.31. The minimum absolute atomic E-state index is 0.0806. The molecule has 0 spiro atoms. The highest BCUT2D eigenvalue weighted by molar-refractivity contribution is 6.08. The average molecular weight is 444 g/mol. The lowest BCUT2D eigenvalue weighted by Crippen LogP contribution is -2.46. The SMILES string of the molecule is Cc1ccccc1C(=O)Nc1ccc(C(=O)N2CC(O)C(N(C)C)Cc3ccccc32)cc1. The summed E-state index contributed by atoms with van der Waals surface area (Å²) in [5, 5.41) is 13.7. The summed E-state index contributed by atoms with van der Waals surface area (Å²) in [4.78, 5) is 29.7. The van der Waals surface area contributed by atoms with Gasteiger partial charge in [-0.25, -0.2) is 0 Å². The molecule has 0 aliphatic carbocycles. The van der Waals surface area contributed by atoms with E-state index in [0.717, 1.165) is 16.8 Å². The second-order valence-electron chi connectivity index (χ2n) is 8.69. The van der Waals surface area contributed by atoms with E-state index in [9.17, 15) is 14.7 Å². The van der Waals surface area contributed by atoms with Crippen LogP contribution >= 0.6 is 0 Å². The molecule has 3 aromatic carbocycles. The van der Waals surface area contributed by atoms with Gasteiger partial charge >= 0.3 is 0 Å². The van der Waals surface area contributed by atoms with Crippen molar-refractivity contribution >= 4 is 23.2 Å². The number of aryl methyl sites for hydroxylation is 1. The number of β-amino-alcohol motifs (C(OH)–C–C–N with tert-alkyl or cyclic N) is 1. The van der Waals surface area contributed by atoms with Crippen molar-refractivity contribution in [3.05, 3.63) is 95.1 Å². The number of hydrogen-bond acceptors (Lipinski definition) is 4. The molecule has 6 heteroatoms. The average Bonchev–Trinajstić information content (AvgIpc) is 2.96. The van der Waals surface area contributed by atoms with E-state index in [1.165, 1.54) is 0 Å². The Morgan fingerprint density at radius 1 is 0.970 bits per heavy atom. The maximum absolute atomic E-state index is 13.5. The number of anilines is 2. The lowest BCUT2D eigenvalue weighted by atomic mass is 10.0. The Labute approximate surface area is 194 Å². The first kappa shape index (κ1) is 22.7. The first-order valence-electron chi connectivity index (χ1n) is 11.1. The van der Waals surface area contributed by atoms with Crippen LogP contribution < -0.4 is 10.2 Å². The van der Waals surface area contributed by atoms with Crippen LogP contribution in [-0.2, 0) is 6.42 Å². The Morgan fingerprint density at radius 2 is 1.64 bits per heavy atom. The van der Waals surface area contributed by atoms with E-state index in [-0.39, 0.29) is 24.4 Å². The smallest absolute Gasteiger partial charge is 0.258 e. The summed E-state index contributed by atoms with van der Waals surface area (Å²) in [5.41, 5.74) is 4.48. The van der Waals surface area contributed by atoms with Crippen LogP contribution in [0.1, 0.15) is 31.8 Å². The molecule has 33 heavy (non-hydrogen) atoms. The third-order valence-electron chi connectivity index (χ3n) is 6.21. The summed E-state index contributed by atoms with van der Waals surface area (Å²) in [6, 6.07) is 22.0. The molecule has 3 aromatic rings. The number of amides is 2. The van der Waals surface area contributed by atoms with Gasteiger partial charge in [0.05, 0.1) is 12.6 Å². The van der Waals surface area contributed by atoms with Crippen molar-refractivity contribution in [3.63, 3.8) is 0 Å². The predicted molar refractivity (Wildman–Crippen MR) is 131 cm³/mol. The number of nitrogens with zero attached hydrogens (tertiary/aromatic N) is 2. The van der Waals surface area contributed by atoms with Crippen molar-refractivity contribution in [1.29, 1.82) is 0 Å². The molecule has 2 atom stereocenters. The molecule has 1 heterocycles. The van der Waals surface area contributed by atoms with Gasteiger partial charge in [0.2, 0.25) is 0 Å². The number of hydrogen-bond donors (Lipinski definition) is 2. The van der Waals surface area contributed by atoms with Gasteiger partial charge in [-0.1, -0.05) is 36.4 Å². The van der Waals surface area contributed by atoms with E-state index in [4.69, 9.17) is 0 Å². The number of aliphatic hydroxyl groups is 1. The molecule has 0 aromatic heterocycles. The van der Waals surface area contributed by atoms with Crippen LogP contribution in [0.5, 0.6) is 0 Å². The second kappa shape index (κ2) is 9.57. The second-order valence-corrected chi connectivity index (χ2v) is 8.69. The number of fused-ring (bicyclic) bond motifs is 1. The quantitative estimate of drug-likeness (QED) is 0.644. The van der Waals surface area contributed by atoms with Crippen molar-refractivity contribution in [2.75, 3.05) is 30.9 Å². The zero-order chi connectivity index (χ0) is 23.5. The van der Waals surface area contributed by atoms with Crippen molar-refractivity contribution in [2.24, 2.45) is 0 Å². The lowest BCUT2D eigenvalue weighted by molar-refractivity contribution is 0.0776. The van der Waals surface area contributed by atoms with E-state index < -0.39 is 6.10 Å². The summed E-state index contributed by atoms with van der Waals surface area (Å²) in [7, 11) is 3.88. The molecule has 2 amide bonds. The number of benzene rings is 3. The van der Waals surface area contributed by atoms with Crippen LogP contribution in [0, 0.1) is 6.92 Å². The summed E-state index contributed by atoms with van der Waals surface area (Å²) in [5.74, 6) is -0.371. The highest BCUT2D eigenvalue weighted by Gasteiger charge is 2.32. The zero-order valence-electron chi connectivity index (χ0n) is 19.2. The molecule has 1 aliphatic heterocycles. The summed E-state index contributed by atoms with van der Waals surface area (Å²) in [6.07, 6.45) is -0.0122. The van der Waals surface area contributed by atoms with E-state index in [0.29, 0.717) is 23.2 Å². The molecule has 0 radical (unpaired) electrons. The number of aliphatic hydroxyl groups excluding tert-OH is 1. The van der Waals surface area contributed by atoms with Crippen LogP contribution in [0.15, 0.2) is 72.8 Å². The number of carbonyl (C=O) groups is 2. The highest BCUT2D eigenvalue weighted by Crippen LogP contribution is 2.29. The normalized spacial score (nSPS) is 17.9. The van der Waals surface area contributed by atoms with Gasteiger partial charge in [0.1, 0.15) is 0 Å². The molecule has 0 fully saturated rings. The van der Waals surface area contributed by atoms with E-state index in [1.54, 1.807) is 35.2 Å². The largest absolute Gasteiger partial charge is 0.390 e. The zero-order valence-corrected chi connectivity index (χ0v) is 19.2. The summed E-state index contributed by atoms with van der Waals surface area (Å²) >= 11 is 0. The van der Waals surface area contributed by atoms with Crippen molar-refractivity contribution in [1.82, 2.24) is 4.90 Å². The van der Waals surface area contributed by atoms with E-state index in [1.807, 2.05) is 68.4 Å². The van der Waals surface area contributed by atoms with E-state index >= 15 is 0 Å². The minimum atomic E-state index is -0.677. The van der Waals surface area contributed by atoms with Gasteiger partial charge in [-0.3, -0.25) is 9.59 Å². The Hall–Kier alpha value is -3.48. The molecule has 0 saturated heterocycles. The highest BCUT2D eigenvalue weighted by atomic mass is 16.3. The first-order chi connectivity index (χ1) is 15.8. The molecule has 2 unspecified atom stereocenters. The summed E-state index contributed by atoms with van der Waals surface area (Å²) < 4.78 is 0. The van der Waals surface area contributed by atoms with Gasteiger partial charge < -0.3 is 20.2 Å². The number of nitrogens with one attached hydrogen (secondary N) is 1. The Morgan fingerprint density at radius 3 is 2.33 bits per heavy atom. The predicted octanol–water partition coefficient (Wildman–Crippen LogP) is 3.74. The molecule has 170 valence electrons. The third-order valence-corrected chi connectivity index (χ3v) is 6.21. The maximum Gasteiger partial charge on any atom is 0.258 e. The number of rotatable bonds is 4. The molecule has 4 rings (SSSR count). The van der Waals surface area contributed by atoms with Gasteiger partial charge in [-0.15, -0.1) is 0 Å². The van der Waals surface area contributed by atoms with Gasteiger partial charge in [0.25, 0.3) is 11.8 Å². The van der Waals surface area contributed by atoms with Crippen LogP contribution in [0.3, 0.4) is 0 Å². The van der Waals surface area contributed by atoms with Crippen LogP contribution in [-0.4, -0.2) is 54.6 Å². The minimum Gasteiger partial charge on any atom is -0.390 e. The third kappa shape index (κ3) is 4.82. The van der Waals surface area contributed by atoms with Crippen molar-refractivity contribution < 1.29 is 14.7 Å². The van der Waals surface area contributed by atoms with Crippen LogP contribution in [0.25, 0.3) is 0 Å². The standard InChI is InChI=1S/C27H29N3O3/c1-18-8-4-6-10-22(18)26(32)28-21-14-12-19(13-15-21)27(33)30-17-25(31)24(29(2)3)16-20-9-5-7-11-23(20)30/h4-15,24-25,31H,16-17H2,1-3H3,(H,28,32). The number of likely N-dealkylation sites (N-methyl/N-ethyl adjacent to an activating group) is 1. The molecular formula is C27H29N3O3. The van der Waals surface area contributed by atoms with E-state index in [2.05, 4.69) is 5.32 Å². The molecule has 0 bridgehead atoms. The molecule has 0 saturated carbocycles. The van der Waals surface area contributed by atoms with Crippen molar-refractivity contribution in [3.8, 4) is 0 Å². The number of carbonyl (C=O) groups excluding carboxylic acids is 2. The number of para-hydroxylation sites is 1. The van der Waals surface area contributed by atoms with Gasteiger partial charge in [0, 0.05) is 28.5 Å². The monoisotopic (exact) mass is 443 g/mol. The fourth-order valence-electron chi connectivity index (χ4n) is 4.31. The van der Waals surface area contributed by atoms with Gasteiger partial charge in [0.15, 0.2) is 0 Å². The molecule has 1 aliphatic rings. The Kier molecular flexibility index (Phi) is 6.58. The Balaban J connectivity index is 1.55. The lowest BCUT2D eigenvalue weighted by Gasteiger charge is -2.29. The Bertz CT molecular complexity index is 1160. The maximum atomic E-state index is 13.5. The first-order valence-corrected chi connectivity index (χ1v) is 11.1.